The van der Waals surface area contributed by atoms with Gasteiger partial charge in [0.05, 0.1) is 20.4 Å². The number of aromatic nitrogens is 2. The van der Waals surface area contributed by atoms with Crippen molar-refractivity contribution >= 4 is 38.7 Å². The van der Waals surface area contributed by atoms with Crippen LogP contribution >= 0.6 is 22.6 Å². The zero-order chi connectivity index (χ0) is 14.4. The predicted molar refractivity (Wildman–Crippen MR) is 77.5 cm³/mol. The minimum absolute atomic E-state index is 0.0962. The topological polar surface area (TPSA) is 131 Å². The van der Waals surface area contributed by atoms with Crippen LogP contribution in [0, 0.1) is 3.57 Å². The Bertz CT molecular complexity index is 555. The van der Waals surface area contributed by atoms with Crippen molar-refractivity contribution in [1.82, 2.24) is 9.55 Å². The lowest BCUT2D eigenvalue weighted by Crippen LogP contribution is -2.51. The summed E-state index contributed by atoms with van der Waals surface area (Å²) in [6.07, 6.45) is -2.08. The Morgan fingerprint density at radius 3 is 2.79 bits per heavy atom. The van der Waals surface area contributed by atoms with Crippen molar-refractivity contribution in [1.29, 1.82) is 0 Å². The summed E-state index contributed by atoms with van der Waals surface area (Å²) < 4.78 is 7.13. The summed E-state index contributed by atoms with van der Waals surface area (Å²) in [5.74, 6) is 0.0962. The first-order valence-corrected chi connectivity index (χ1v) is 7.59. The van der Waals surface area contributed by atoms with Crippen LogP contribution in [-0.4, -0.2) is 60.0 Å². The first-order valence-electron chi connectivity index (χ1n) is 5.51. The van der Waals surface area contributed by atoms with Crippen LogP contribution in [0.1, 0.15) is 0 Å². The van der Waals surface area contributed by atoms with Crippen molar-refractivity contribution in [2.24, 2.45) is 0 Å². The number of ether oxygens (including phenoxy) is 1. The maximum atomic E-state index is 11.9. The van der Waals surface area contributed by atoms with Gasteiger partial charge in [-0.15, -0.1) is 0 Å². The monoisotopic (exact) mass is 399 g/mol. The van der Waals surface area contributed by atoms with Crippen molar-refractivity contribution in [2.45, 2.75) is 23.7 Å². The molecule has 5 N–H and O–H groups in total. The molecule has 1 aromatic rings. The van der Waals surface area contributed by atoms with Gasteiger partial charge in [0.2, 0.25) is 0 Å². The number of aliphatic hydroxyl groups excluding tert-OH is 3. The van der Waals surface area contributed by atoms with E-state index in [1.165, 1.54) is 6.20 Å². The second kappa shape index (κ2) is 5.10. The maximum Gasteiger partial charge on any atom is 0.351 e. The summed E-state index contributed by atoms with van der Waals surface area (Å²) in [7, 11) is 0.214. The normalized spacial score (nSPS) is 34.8. The zero-order valence-electron chi connectivity index (χ0n) is 10.0. The molecule has 0 aliphatic carbocycles. The summed E-state index contributed by atoms with van der Waals surface area (Å²) in [4.78, 5) is 15.5. The van der Waals surface area contributed by atoms with E-state index in [-0.39, 0.29) is 16.1 Å². The molecule has 0 aromatic carbocycles. The Kier molecular flexibility index (Phi) is 3.99. The number of anilines is 1. The molecule has 4 atom stereocenters. The van der Waals surface area contributed by atoms with Crippen molar-refractivity contribution in [3.63, 3.8) is 0 Å². The number of aliphatic hydroxyl groups is 3. The molecule has 19 heavy (non-hydrogen) atoms. The molecule has 10 heteroatoms. The fourth-order valence-electron chi connectivity index (χ4n) is 2.07. The molecule has 2 heterocycles. The Morgan fingerprint density at radius 1 is 1.63 bits per heavy atom. The molecule has 0 amide bonds. The number of hydrogen-bond acceptors (Lipinski definition) is 7. The lowest BCUT2D eigenvalue weighted by molar-refractivity contribution is -0.0889. The third kappa shape index (κ3) is 2.32. The molecular formula is C9H14IN3O5Si. The van der Waals surface area contributed by atoms with E-state index in [0.717, 1.165) is 4.57 Å². The molecule has 2 rings (SSSR count). The summed E-state index contributed by atoms with van der Waals surface area (Å²) in [6, 6.07) is 0. The minimum Gasteiger partial charge on any atom is -0.394 e. The molecule has 1 saturated heterocycles. The van der Waals surface area contributed by atoms with Crippen molar-refractivity contribution in [3.8, 4) is 0 Å². The smallest absolute Gasteiger partial charge is 0.351 e. The van der Waals surface area contributed by atoms with Gasteiger partial charge in [-0.05, 0) is 22.6 Å². The third-order valence-electron chi connectivity index (χ3n) is 3.21. The summed E-state index contributed by atoms with van der Waals surface area (Å²) >= 11 is 1.91. The van der Waals surface area contributed by atoms with Crippen molar-refractivity contribution in [2.75, 3.05) is 12.3 Å². The van der Waals surface area contributed by atoms with Gasteiger partial charge < -0.3 is 25.8 Å². The Morgan fingerprint density at radius 2 is 2.26 bits per heavy atom. The van der Waals surface area contributed by atoms with Crippen LogP contribution in [0.2, 0.25) is 0 Å². The highest BCUT2D eigenvalue weighted by Gasteiger charge is 2.52. The van der Waals surface area contributed by atoms with Gasteiger partial charge in [-0.25, -0.2) is 4.79 Å². The Hall–Kier alpha value is -0.533. The van der Waals surface area contributed by atoms with E-state index in [9.17, 15) is 15.0 Å². The van der Waals surface area contributed by atoms with Gasteiger partial charge in [0, 0.05) is 6.20 Å². The van der Waals surface area contributed by atoms with Gasteiger partial charge in [-0.1, -0.05) is 0 Å². The lowest BCUT2D eigenvalue weighted by atomic mass is 10.1. The molecular weight excluding hydrogens is 385 g/mol. The maximum absolute atomic E-state index is 11.9. The Balaban J connectivity index is 2.52. The van der Waals surface area contributed by atoms with E-state index in [4.69, 9.17) is 15.6 Å². The van der Waals surface area contributed by atoms with Crippen LogP contribution < -0.4 is 11.4 Å². The van der Waals surface area contributed by atoms with Crippen LogP contribution in [-0.2, 0) is 10.1 Å². The molecule has 1 aliphatic heterocycles. The number of nitrogen functional groups attached to an aromatic ring is 1. The first kappa shape index (κ1) is 14.9. The summed E-state index contributed by atoms with van der Waals surface area (Å²) in [5.41, 5.74) is 4.86. The van der Waals surface area contributed by atoms with E-state index in [2.05, 4.69) is 4.98 Å². The standard InChI is InChI=1S/C9H14IN3O5Si/c10-3-1-13(8(17)12-7(3)11)9(19)6(16)5(15)4(2-14)18-9/h1,4-6,14-16H,2H2,19H3,(H2,11,12,17)/t4-,5-,6-,9+/m1/s1. The molecule has 1 aromatic heterocycles. The highest BCUT2D eigenvalue weighted by atomic mass is 127. The number of nitrogens with zero attached hydrogens (tertiary/aromatic N) is 2. The lowest BCUT2D eigenvalue weighted by Gasteiger charge is -2.30. The molecule has 1 fully saturated rings. The SMILES string of the molecule is Nc1nc(=O)n([C@]2([SiH3])O[C@H](CO)[C@@H](O)[C@H]2O)cc1I. The van der Waals surface area contributed by atoms with E-state index < -0.39 is 36.0 Å². The van der Waals surface area contributed by atoms with Crippen molar-refractivity contribution in [3.05, 3.63) is 20.3 Å². The molecule has 1 aliphatic rings. The molecule has 0 saturated carbocycles. The highest BCUT2D eigenvalue weighted by molar-refractivity contribution is 14.1. The van der Waals surface area contributed by atoms with Crippen LogP contribution in [0.15, 0.2) is 11.0 Å². The fourth-order valence-corrected chi connectivity index (χ4v) is 3.44. The molecule has 0 unspecified atom stereocenters. The van der Waals surface area contributed by atoms with Crippen LogP contribution in [0.25, 0.3) is 0 Å². The largest absolute Gasteiger partial charge is 0.394 e. The van der Waals surface area contributed by atoms with Gasteiger partial charge in [0.15, 0.2) is 5.35 Å². The van der Waals surface area contributed by atoms with E-state index in [1.54, 1.807) is 0 Å². The van der Waals surface area contributed by atoms with Gasteiger partial charge >= 0.3 is 5.69 Å². The second-order valence-electron chi connectivity index (χ2n) is 4.46. The first-order chi connectivity index (χ1) is 8.81. The van der Waals surface area contributed by atoms with E-state index >= 15 is 0 Å². The average molecular weight is 399 g/mol. The predicted octanol–water partition coefficient (Wildman–Crippen LogP) is -3.48. The van der Waals surface area contributed by atoms with Crippen LogP contribution in [0.3, 0.4) is 0 Å². The average Bonchev–Trinajstić information content (AvgIpc) is 2.59. The summed E-state index contributed by atoms with van der Waals surface area (Å²) in [5, 5.41) is 27.6. The fraction of sp³-hybridized carbons (Fsp3) is 0.556. The van der Waals surface area contributed by atoms with E-state index in [1.807, 2.05) is 22.6 Å². The van der Waals surface area contributed by atoms with E-state index in [0.29, 0.717) is 3.57 Å². The second-order valence-corrected chi connectivity index (χ2v) is 7.05. The molecule has 0 bridgehead atoms. The number of nitrogens with two attached hydrogens (primary N) is 1. The number of halogens is 1. The highest BCUT2D eigenvalue weighted by Crippen LogP contribution is 2.32. The molecule has 8 nitrogen and oxygen atoms in total. The minimum atomic E-state index is -1.37. The molecule has 106 valence electrons. The number of rotatable bonds is 2. The molecule has 0 spiro atoms. The molecule has 0 radical (unpaired) electrons. The van der Waals surface area contributed by atoms with Crippen molar-refractivity contribution < 1.29 is 20.1 Å². The van der Waals surface area contributed by atoms with Gasteiger partial charge in [-0.2, -0.15) is 4.98 Å². The van der Waals surface area contributed by atoms with Crippen LogP contribution in [0.4, 0.5) is 5.82 Å². The van der Waals surface area contributed by atoms with Gasteiger partial charge in [-0.3, -0.25) is 4.57 Å². The zero-order valence-corrected chi connectivity index (χ0v) is 14.2. The number of hydrogen-bond donors (Lipinski definition) is 4. The van der Waals surface area contributed by atoms with Gasteiger partial charge in [0.25, 0.3) is 0 Å². The quantitative estimate of drug-likeness (QED) is 0.300. The Labute approximate surface area is 124 Å². The van der Waals surface area contributed by atoms with Crippen LogP contribution in [0.5, 0.6) is 0 Å². The third-order valence-corrected chi connectivity index (χ3v) is 5.35. The van der Waals surface area contributed by atoms with Gasteiger partial charge in [0.1, 0.15) is 24.1 Å². The summed E-state index contributed by atoms with van der Waals surface area (Å²) in [6.45, 7) is -0.448.